The molecule has 7 atom stereocenters. The Morgan fingerprint density at radius 1 is 0.763 bits per heavy atom. The van der Waals surface area contributed by atoms with Crippen LogP contribution in [0, 0.1) is 11.8 Å². The first kappa shape index (κ1) is 40.1. The highest BCUT2D eigenvalue weighted by Crippen LogP contribution is 2.50. The smallest absolute Gasteiger partial charge is 0.407 e. The van der Waals surface area contributed by atoms with Crippen molar-refractivity contribution in [1.29, 1.82) is 0 Å². The number of hydrogen-bond donors (Lipinski definition) is 4. The van der Waals surface area contributed by atoms with Gasteiger partial charge < -0.3 is 44.6 Å². The van der Waals surface area contributed by atoms with Gasteiger partial charge in [0.25, 0.3) is 0 Å². The maximum Gasteiger partial charge on any atom is 0.407 e. The van der Waals surface area contributed by atoms with E-state index in [0.29, 0.717) is 6.54 Å². The molecule has 1 unspecified atom stereocenters. The molecule has 4 amide bonds. The largest absolute Gasteiger partial charge is 0.453 e. The molecule has 4 N–H and O–H groups in total. The van der Waals surface area contributed by atoms with Crippen LogP contribution in [0.3, 0.4) is 0 Å². The number of nitrogens with zero attached hydrogens (tertiary/aromatic N) is 4. The van der Waals surface area contributed by atoms with Gasteiger partial charge in [0.1, 0.15) is 23.7 Å². The minimum absolute atomic E-state index is 0.0749. The first-order chi connectivity index (χ1) is 28.5. The van der Waals surface area contributed by atoms with E-state index in [1.165, 1.54) is 43.6 Å². The number of rotatable bonds is 11. The Bertz CT molecular complexity index is 2230. The number of likely N-dealkylation sites (tertiary alicyclic amines) is 2. The lowest BCUT2D eigenvalue weighted by molar-refractivity contribution is -0.141. The lowest BCUT2D eigenvalue weighted by Gasteiger charge is -2.37. The molecule has 2 aromatic heterocycles. The van der Waals surface area contributed by atoms with Crippen LogP contribution in [0.2, 0.25) is 0 Å². The molecule has 15 nitrogen and oxygen atoms in total. The number of methoxy groups -OCH3 is 3. The van der Waals surface area contributed by atoms with Gasteiger partial charge in [0.2, 0.25) is 11.8 Å². The van der Waals surface area contributed by atoms with E-state index in [-0.39, 0.29) is 41.8 Å². The molecule has 4 aliphatic rings. The zero-order valence-electron chi connectivity index (χ0n) is 34.5. The molecule has 8 rings (SSSR count). The molecule has 1 saturated carbocycles. The molecule has 59 heavy (non-hydrogen) atoms. The number of ether oxygens (including phenoxy) is 3. The summed E-state index contributed by atoms with van der Waals surface area (Å²) in [6.45, 7) is 6.18. The van der Waals surface area contributed by atoms with Crippen LogP contribution in [0.25, 0.3) is 33.6 Å². The number of H-pyrrole nitrogens is 2. The number of imidazole rings is 2. The normalized spacial score (nSPS) is 22.1. The van der Waals surface area contributed by atoms with Crippen molar-refractivity contribution in [2.75, 3.05) is 27.9 Å². The first-order valence-corrected chi connectivity index (χ1v) is 20.7. The van der Waals surface area contributed by atoms with Crippen LogP contribution in [0.5, 0.6) is 0 Å². The van der Waals surface area contributed by atoms with Crippen LogP contribution in [0.4, 0.5) is 9.59 Å². The molecular formula is C44H54N8O7. The molecule has 4 aromatic rings. The fraction of sp³-hybridized carbons (Fsp3) is 0.500. The number of carbonyl (C=O) groups is 4. The second-order valence-corrected chi connectivity index (χ2v) is 16.6. The number of aromatic amines is 2. The van der Waals surface area contributed by atoms with Crippen molar-refractivity contribution in [3.8, 4) is 33.6 Å². The van der Waals surface area contributed by atoms with Crippen LogP contribution in [-0.4, -0.2) is 106 Å². The molecule has 312 valence electrons. The maximum absolute atomic E-state index is 14.1. The molecule has 2 bridgehead atoms. The predicted octanol–water partition coefficient (Wildman–Crippen LogP) is 6.09. The fourth-order valence-electron chi connectivity index (χ4n) is 9.73. The molecule has 0 radical (unpaired) electrons. The van der Waals surface area contributed by atoms with Gasteiger partial charge in [-0.3, -0.25) is 9.59 Å². The molecule has 15 heteroatoms. The Kier molecular flexibility index (Phi) is 11.2. The predicted molar refractivity (Wildman–Crippen MR) is 219 cm³/mol. The van der Waals surface area contributed by atoms with Crippen molar-refractivity contribution < 1.29 is 33.4 Å². The van der Waals surface area contributed by atoms with Gasteiger partial charge in [-0.05, 0) is 109 Å². The zero-order valence-corrected chi connectivity index (χ0v) is 34.5. The van der Waals surface area contributed by atoms with Gasteiger partial charge >= 0.3 is 12.2 Å². The van der Waals surface area contributed by atoms with Crippen molar-refractivity contribution in [3.63, 3.8) is 0 Å². The standard InChI is InChI=1S/C44H54N8O7/c1-23(2)36(49-43(55)58-5)41(53)51-17-7-8-35(51)39-45-21-33(47-39)27-12-15-31-25(18-27)9-10-26-19-28(13-16-32(26)31)34-22-46-40(48-34)38-29-11-14-30(20-29)52(38)42(54)37(24(3)57-4)50-44(56)59-6/h12-13,15-16,18-19,21-24,29-30,35-38H,7-11,14,17,20H2,1-6H3,(H,45,47)(H,46,48)(H,49,55)(H,50,56)/t24-,29+,30-,35+,36?,37+,38+/m1/s1. The minimum Gasteiger partial charge on any atom is -0.453 e. The van der Waals surface area contributed by atoms with Crippen LogP contribution in [0.15, 0.2) is 48.8 Å². The number of fused-ring (bicyclic) bond motifs is 5. The quantitative estimate of drug-likeness (QED) is 0.139. The van der Waals surface area contributed by atoms with Crippen LogP contribution >= 0.6 is 0 Å². The summed E-state index contributed by atoms with van der Waals surface area (Å²) in [6.07, 6.45) is 8.09. The van der Waals surface area contributed by atoms with E-state index in [1.54, 1.807) is 6.92 Å². The van der Waals surface area contributed by atoms with Gasteiger partial charge in [-0.2, -0.15) is 0 Å². The summed E-state index contributed by atoms with van der Waals surface area (Å²) in [7, 11) is 4.10. The van der Waals surface area contributed by atoms with E-state index < -0.39 is 30.4 Å². The number of alkyl carbamates (subject to hydrolysis) is 2. The average molecular weight is 807 g/mol. The highest BCUT2D eigenvalue weighted by atomic mass is 16.5. The Balaban J connectivity index is 0.984. The molecule has 2 aromatic carbocycles. The zero-order chi connectivity index (χ0) is 41.5. The van der Waals surface area contributed by atoms with Gasteiger partial charge in [0.15, 0.2) is 0 Å². The summed E-state index contributed by atoms with van der Waals surface area (Å²) >= 11 is 0. The number of piperidine rings is 1. The van der Waals surface area contributed by atoms with Crippen molar-refractivity contribution in [3.05, 3.63) is 71.6 Å². The third-order valence-corrected chi connectivity index (χ3v) is 12.9. The van der Waals surface area contributed by atoms with Gasteiger partial charge in [-0.15, -0.1) is 0 Å². The van der Waals surface area contributed by atoms with Gasteiger partial charge in [-0.1, -0.05) is 38.1 Å². The van der Waals surface area contributed by atoms with E-state index in [2.05, 4.69) is 57.0 Å². The monoisotopic (exact) mass is 806 g/mol. The summed E-state index contributed by atoms with van der Waals surface area (Å²) < 4.78 is 15.1. The summed E-state index contributed by atoms with van der Waals surface area (Å²) in [5.41, 5.74) is 8.79. The Morgan fingerprint density at radius 2 is 1.36 bits per heavy atom. The highest BCUT2D eigenvalue weighted by molar-refractivity contribution is 5.88. The van der Waals surface area contributed by atoms with Crippen molar-refractivity contribution in [2.45, 2.75) is 102 Å². The molecule has 2 saturated heterocycles. The summed E-state index contributed by atoms with van der Waals surface area (Å²) in [4.78, 5) is 72.3. The third-order valence-electron chi connectivity index (χ3n) is 12.9. The molecule has 0 spiro atoms. The fourth-order valence-corrected chi connectivity index (χ4v) is 9.73. The first-order valence-electron chi connectivity index (χ1n) is 20.7. The van der Waals surface area contributed by atoms with Gasteiger partial charge in [0.05, 0.1) is 56.2 Å². The Hall–Kier alpha value is -5.70. The second-order valence-electron chi connectivity index (χ2n) is 16.6. The van der Waals surface area contributed by atoms with Crippen LogP contribution in [-0.2, 0) is 36.6 Å². The SMILES string of the molecule is COC(=O)NC(C(=O)N1CCC[C@H]1c1ncc(-c2ccc3c(c2)CCc2cc(-c4cnc([C@@H]5[C@H]6CC[C@H](C6)N5C(=O)[C@@H](NC(=O)OC)[C@@H](C)OC)[nH]4)ccc2-3)[nH]1)C(C)C. The number of hydrogen-bond acceptors (Lipinski definition) is 9. The van der Waals surface area contributed by atoms with Crippen molar-refractivity contribution in [2.24, 2.45) is 11.8 Å². The topological polar surface area (TPSA) is 184 Å². The molecule has 4 heterocycles. The molecular weight excluding hydrogens is 753 g/mol. The van der Waals surface area contributed by atoms with Crippen LogP contribution < -0.4 is 10.6 Å². The average Bonchev–Trinajstić information content (AvgIpc) is 4.11. The van der Waals surface area contributed by atoms with E-state index in [4.69, 9.17) is 24.2 Å². The van der Waals surface area contributed by atoms with Crippen LogP contribution in [0.1, 0.15) is 87.7 Å². The Morgan fingerprint density at radius 3 is 1.95 bits per heavy atom. The molecule has 2 aliphatic heterocycles. The van der Waals surface area contributed by atoms with Crippen molar-refractivity contribution in [1.82, 2.24) is 40.4 Å². The number of aromatic nitrogens is 4. The molecule has 2 aliphatic carbocycles. The third kappa shape index (κ3) is 7.56. The Labute approximate surface area is 344 Å². The van der Waals surface area contributed by atoms with Gasteiger partial charge in [-0.25, -0.2) is 19.6 Å². The number of aryl methyl sites for hydroxylation is 2. The van der Waals surface area contributed by atoms with E-state index in [0.717, 1.165) is 79.1 Å². The number of carbonyl (C=O) groups excluding carboxylic acids is 4. The van der Waals surface area contributed by atoms with Gasteiger partial charge in [0, 0.05) is 19.7 Å². The highest BCUT2D eigenvalue weighted by Gasteiger charge is 2.52. The molecule has 3 fully saturated rings. The second kappa shape index (κ2) is 16.5. The van der Waals surface area contributed by atoms with E-state index in [9.17, 15) is 19.2 Å². The minimum atomic E-state index is -0.887. The lowest BCUT2D eigenvalue weighted by Crippen LogP contribution is -2.56. The summed E-state index contributed by atoms with van der Waals surface area (Å²) in [6, 6.07) is 11.2. The van der Waals surface area contributed by atoms with E-state index in [1.807, 2.05) is 36.0 Å². The number of benzene rings is 2. The summed E-state index contributed by atoms with van der Waals surface area (Å²) in [5.74, 6) is 1.34. The number of amides is 4. The van der Waals surface area contributed by atoms with E-state index >= 15 is 0 Å². The van der Waals surface area contributed by atoms with Crippen molar-refractivity contribution >= 4 is 24.0 Å². The summed E-state index contributed by atoms with van der Waals surface area (Å²) in [5, 5.41) is 5.41. The number of nitrogens with one attached hydrogen (secondary N) is 4. The lowest BCUT2D eigenvalue weighted by atomic mass is 9.83. The maximum atomic E-state index is 14.1.